The van der Waals surface area contributed by atoms with Crippen LogP contribution in [0.3, 0.4) is 0 Å². The van der Waals surface area contributed by atoms with E-state index in [9.17, 15) is 4.79 Å². The Kier molecular flexibility index (Phi) is 5.06. The summed E-state index contributed by atoms with van der Waals surface area (Å²) < 4.78 is 5.39. The second-order valence-corrected chi connectivity index (χ2v) is 5.65. The van der Waals surface area contributed by atoms with Crippen molar-refractivity contribution in [1.82, 2.24) is 10.3 Å². The zero-order valence-electron chi connectivity index (χ0n) is 13.6. The van der Waals surface area contributed by atoms with Gasteiger partial charge >= 0.3 is 0 Å². The van der Waals surface area contributed by atoms with Crippen molar-refractivity contribution in [3.05, 3.63) is 78.3 Å². The molecule has 0 radical (unpaired) electrons. The van der Waals surface area contributed by atoms with Gasteiger partial charge in [-0.3, -0.25) is 9.78 Å². The van der Waals surface area contributed by atoms with E-state index in [2.05, 4.69) is 10.3 Å². The maximum atomic E-state index is 12.5. The highest BCUT2D eigenvalue weighted by Crippen LogP contribution is 2.21. The van der Waals surface area contributed by atoms with Crippen molar-refractivity contribution < 1.29 is 9.21 Å². The van der Waals surface area contributed by atoms with Crippen LogP contribution in [0.25, 0.3) is 11.3 Å². The van der Waals surface area contributed by atoms with E-state index in [0.29, 0.717) is 6.54 Å². The Hall–Kier alpha value is -2.88. The molecule has 0 aliphatic carbocycles. The van der Waals surface area contributed by atoms with E-state index in [0.717, 1.165) is 28.9 Å². The van der Waals surface area contributed by atoms with E-state index < -0.39 is 0 Å². The summed E-state index contributed by atoms with van der Waals surface area (Å²) in [5, 5.41) is 3.01. The van der Waals surface area contributed by atoms with Gasteiger partial charge in [0.05, 0.1) is 12.2 Å². The second kappa shape index (κ2) is 7.59. The molecule has 4 nitrogen and oxygen atoms in total. The molecule has 1 aromatic carbocycles. The molecule has 1 atom stereocenters. The average molecular weight is 320 g/mol. The van der Waals surface area contributed by atoms with E-state index in [-0.39, 0.29) is 11.8 Å². The van der Waals surface area contributed by atoms with Crippen molar-refractivity contribution in [2.75, 3.05) is 0 Å². The number of pyridine rings is 1. The minimum atomic E-state index is -0.132. The fourth-order valence-electron chi connectivity index (χ4n) is 2.73. The first kappa shape index (κ1) is 16.0. The summed E-state index contributed by atoms with van der Waals surface area (Å²) in [6.45, 7) is 2.47. The monoisotopic (exact) mass is 320 g/mol. The number of hydrogen-bond acceptors (Lipinski definition) is 3. The number of amides is 1. The standard InChI is InChI=1S/C20H20N2O2/c1-2-18(16-7-4-3-5-8-16)20(23)22-13-15-11-17(14-21-12-15)19-9-6-10-24-19/h3-12,14,18H,2,13H2,1H3,(H,22,23)/t18-/m0/s1. The molecule has 3 aromatic rings. The summed E-state index contributed by atoms with van der Waals surface area (Å²) in [5.41, 5.74) is 2.89. The van der Waals surface area contributed by atoms with Gasteiger partial charge in [0.2, 0.25) is 5.91 Å². The van der Waals surface area contributed by atoms with E-state index in [1.807, 2.05) is 55.5 Å². The van der Waals surface area contributed by atoms with Crippen LogP contribution in [0.2, 0.25) is 0 Å². The molecule has 0 fully saturated rings. The highest BCUT2D eigenvalue weighted by Gasteiger charge is 2.18. The molecule has 0 aliphatic heterocycles. The molecule has 1 amide bonds. The van der Waals surface area contributed by atoms with Crippen LogP contribution in [0, 0.1) is 0 Å². The lowest BCUT2D eigenvalue weighted by atomic mass is 9.95. The SMILES string of the molecule is CC[C@H](C(=O)NCc1cncc(-c2ccco2)c1)c1ccccc1. The summed E-state index contributed by atoms with van der Waals surface area (Å²) in [4.78, 5) is 16.7. The molecular weight excluding hydrogens is 300 g/mol. The lowest BCUT2D eigenvalue weighted by Crippen LogP contribution is -2.28. The maximum absolute atomic E-state index is 12.5. The molecule has 0 saturated heterocycles. The first-order chi connectivity index (χ1) is 11.8. The van der Waals surface area contributed by atoms with E-state index in [1.54, 1.807) is 18.7 Å². The van der Waals surface area contributed by atoms with Crippen LogP contribution in [0.5, 0.6) is 0 Å². The normalized spacial score (nSPS) is 11.9. The fourth-order valence-corrected chi connectivity index (χ4v) is 2.73. The number of benzene rings is 1. The van der Waals surface area contributed by atoms with Crippen molar-refractivity contribution in [1.29, 1.82) is 0 Å². The molecule has 0 spiro atoms. The summed E-state index contributed by atoms with van der Waals surface area (Å²) in [5.74, 6) is 0.672. The maximum Gasteiger partial charge on any atom is 0.227 e. The molecule has 4 heteroatoms. The van der Waals surface area contributed by atoms with Gasteiger partial charge in [-0.2, -0.15) is 0 Å². The summed E-state index contributed by atoms with van der Waals surface area (Å²) in [7, 11) is 0. The third kappa shape index (κ3) is 3.71. The van der Waals surface area contributed by atoms with E-state index in [4.69, 9.17) is 4.42 Å². The van der Waals surface area contributed by atoms with Crippen LogP contribution in [-0.2, 0) is 11.3 Å². The second-order valence-electron chi connectivity index (χ2n) is 5.65. The van der Waals surface area contributed by atoms with Gasteiger partial charge in [-0.15, -0.1) is 0 Å². The first-order valence-corrected chi connectivity index (χ1v) is 8.08. The van der Waals surface area contributed by atoms with Crippen molar-refractivity contribution in [3.8, 4) is 11.3 Å². The fraction of sp³-hybridized carbons (Fsp3) is 0.200. The van der Waals surface area contributed by atoms with Gasteiger partial charge in [-0.1, -0.05) is 37.3 Å². The molecule has 2 heterocycles. The Morgan fingerprint density at radius 2 is 2.00 bits per heavy atom. The van der Waals surface area contributed by atoms with E-state index in [1.165, 1.54) is 0 Å². The van der Waals surface area contributed by atoms with Crippen LogP contribution >= 0.6 is 0 Å². The Morgan fingerprint density at radius 3 is 2.71 bits per heavy atom. The lowest BCUT2D eigenvalue weighted by molar-refractivity contribution is -0.122. The number of furan rings is 1. The third-order valence-corrected chi connectivity index (χ3v) is 3.99. The molecular formula is C20H20N2O2. The predicted molar refractivity (Wildman–Crippen MR) is 93.3 cm³/mol. The molecule has 122 valence electrons. The van der Waals surface area contributed by atoms with Gasteiger partial charge in [0.1, 0.15) is 5.76 Å². The minimum absolute atomic E-state index is 0.0344. The van der Waals surface area contributed by atoms with Gasteiger partial charge in [-0.05, 0) is 35.7 Å². The summed E-state index contributed by atoms with van der Waals surface area (Å²) in [6.07, 6.45) is 5.91. The van der Waals surface area contributed by atoms with Crippen LogP contribution in [0.4, 0.5) is 0 Å². The third-order valence-electron chi connectivity index (χ3n) is 3.99. The molecule has 1 N–H and O–H groups in total. The largest absolute Gasteiger partial charge is 0.464 e. The summed E-state index contributed by atoms with van der Waals surface area (Å²) in [6, 6.07) is 15.6. The lowest BCUT2D eigenvalue weighted by Gasteiger charge is -2.15. The molecule has 24 heavy (non-hydrogen) atoms. The van der Waals surface area contributed by atoms with Gasteiger partial charge < -0.3 is 9.73 Å². The smallest absolute Gasteiger partial charge is 0.227 e. The Balaban J connectivity index is 1.67. The number of carbonyl (C=O) groups is 1. The van der Waals surface area contributed by atoms with Gasteiger partial charge in [0, 0.05) is 24.5 Å². The van der Waals surface area contributed by atoms with Crippen LogP contribution in [0.1, 0.15) is 30.4 Å². The van der Waals surface area contributed by atoms with Crippen molar-refractivity contribution >= 4 is 5.91 Å². The topological polar surface area (TPSA) is 55.1 Å². The Labute approximate surface area is 141 Å². The van der Waals surface area contributed by atoms with Crippen LogP contribution < -0.4 is 5.32 Å². The number of aromatic nitrogens is 1. The van der Waals surface area contributed by atoms with Crippen molar-refractivity contribution in [2.45, 2.75) is 25.8 Å². The highest BCUT2D eigenvalue weighted by atomic mass is 16.3. The molecule has 3 rings (SSSR count). The minimum Gasteiger partial charge on any atom is -0.464 e. The quantitative estimate of drug-likeness (QED) is 0.742. The number of carbonyl (C=O) groups excluding carboxylic acids is 1. The summed E-state index contributed by atoms with van der Waals surface area (Å²) >= 11 is 0. The van der Waals surface area contributed by atoms with Gasteiger partial charge in [0.15, 0.2) is 0 Å². The number of hydrogen-bond donors (Lipinski definition) is 1. The number of nitrogens with zero attached hydrogens (tertiary/aromatic N) is 1. The molecule has 0 bridgehead atoms. The molecule has 0 saturated carbocycles. The number of rotatable bonds is 6. The first-order valence-electron chi connectivity index (χ1n) is 8.08. The van der Waals surface area contributed by atoms with Gasteiger partial charge in [-0.25, -0.2) is 0 Å². The van der Waals surface area contributed by atoms with Gasteiger partial charge in [0.25, 0.3) is 0 Å². The van der Waals surface area contributed by atoms with Crippen molar-refractivity contribution in [3.63, 3.8) is 0 Å². The zero-order valence-corrected chi connectivity index (χ0v) is 13.6. The van der Waals surface area contributed by atoms with Crippen LogP contribution in [0.15, 0.2) is 71.6 Å². The molecule has 0 unspecified atom stereocenters. The Bertz CT molecular complexity index is 782. The van der Waals surface area contributed by atoms with Crippen LogP contribution in [-0.4, -0.2) is 10.9 Å². The molecule has 2 aromatic heterocycles. The molecule has 0 aliphatic rings. The number of nitrogens with one attached hydrogen (secondary N) is 1. The predicted octanol–water partition coefficient (Wildman–Crippen LogP) is 4.15. The zero-order chi connectivity index (χ0) is 16.8. The van der Waals surface area contributed by atoms with Crippen molar-refractivity contribution in [2.24, 2.45) is 0 Å². The van der Waals surface area contributed by atoms with E-state index >= 15 is 0 Å². The average Bonchev–Trinajstić information content (AvgIpc) is 3.16. The Morgan fingerprint density at radius 1 is 1.17 bits per heavy atom. The highest BCUT2D eigenvalue weighted by molar-refractivity contribution is 5.83.